The Hall–Kier alpha value is -3.61. The number of aromatic hydroxyl groups is 1. The zero-order valence-corrected chi connectivity index (χ0v) is 18.1. The average molecular weight is 442 g/mol. The number of hydrogen-bond acceptors (Lipinski definition) is 4. The zero-order chi connectivity index (χ0) is 21.8. The second kappa shape index (κ2) is 7.22. The maximum atomic E-state index is 11.1. The molecule has 32 heavy (non-hydrogen) atoms. The third-order valence-corrected chi connectivity index (χ3v) is 6.27. The van der Waals surface area contributed by atoms with Crippen LogP contribution < -0.4 is 5.32 Å². The summed E-state index contributed by atoms with van der Waals surface area (Å²) in [5.74, 6) is 0.716. The van der Waals surface area contributed by atoms with E-state index in [1.165, 1.54) is 11.1 Å². The first-order valence-electron chi connectivity index (χ1n) is 10.4. The molecular weight excluding hydrogens is 422 g/mol. The number of benzene rings is 3. The summed E-state index contributed by atoms with van der Waals surface area (Å²) < 4.78 is 1.67. The Morgan fingerprint density at radius 2 is 1.53 bits per heavy atom. The number of aryl methyl sites for hydroxylation is 1. The van der Waals surface area contributed by atoms with Crippen molar-refractivity contribution in [3.05, 3.63) is 76.8 Å². The SMILES string of the molecule is Cn1nc(-c2ccc(-c3ccc(Cl)cc3)cc2)c(O)c1-c1nc2cc3c(cc2[nH]1)CNC3. The lowest BCUT2D eigenvalue weighted by molar-refractivity contribution is 0.478. The molecule has 158 valence electrons. The quantitative estimate of drug-likeness (QED) is 0.357. The van der Waals surface area contributed by atoms with E-state index in [2.05, 4.69) is 27.5 Å². The van der Waals surface area contributed by atoms with Gasteiger partial charge in [-0.15, -0.1) is 0 Å². The molecule has 0 saturated carbocycles. The molecule has 3 aromatic carbocycles. The lowest BCUT2D eigenvalue weighted by Crippen LogP contribution is -1.99. The van der Waals surface area contributed by atoms with Crippen LogP contribution in [0.1, 0.15) is 11.1 Å². The topological polar surface area (TPSA) is 78.8 Å². The summed E-state index contributed by atoms with van der Waals surface area (Å²) in [6.45, 7) is 1.73. The molecule has 0 saturated heterocycles. The molecule has 1 aliphatic rings. The van der Waals surface area contributed by atoms with Crippen molar-refractivity contribution in [1.29, 1.82) is 0 Å². The molecule has 7 heteroatoms. The van der Waals surface area contributed by atoms with Crippen LogP contribution in [0.3, 0.4) is 0 Å². The number of fused-ring (bicyclic) bond motifs is 2. The summed E-state index contributed by atoms with van der Waals surface area (Å²) in [5.41, 5.74) is 8.47. The molecule has 1 aliphatic heterocycles. The molecular formula is C25H20ClN5O. The van der Waals surface area contributed by atoms with Crippen LogP contribution >= 0.6 is 11.6 Å². The van der Waals surface area contributed by atoms with Gasteiger partial charge in [0, 0.05) is 30.7 Å². The molecule has 0 bridgehead atoms. The van der Waals surface area contributed by atoms with Crippen LogP contribution in [0.25, 0.3) is 44.9 Å². The number of hydrogen-bond donors (Lipinski definition) is 3. The van der Waals surface area contributed by atoms with Crippen LogP contribution in [0.15, 0.2) is 60.7 Å². The van der Waals surface area contributed by atoms with Crippen LogP contribution in [0.5, 0.6) is 5.75 Å². The first-order valence-corrected chi connectivity index (χ1v) is 10.8. The number of imidazole rings is 1. The summed E-state index contributed by atoms with van der Waals surface area (Å²) in [6, 6.07) is 19.9. The fraction of sp³-hybridized carbons (Fsp3) is 0.120. The molecule has 0 atom stereocenters. The van der Waals surface area contributed by atoms with Crippen molar-refractivity contribution in [1.82, 2.24) is 25.1 Å². The van der Waals surface area contributed by atoms with Crippen molar-refractivity contribution in [3.8, 4) is 39.7 Å². The fourth-order valence-corrected chi connectivity index (χ4v) is 4.48. The molecule has 0 fully saturated rings. The molecule has 0 amide bonds. The standard InChI is InChI=1S/C25H20ClN5O/c1-31-23(25-28-20-10-17-12-27-13-18(17)11-21(20)29-25)24(32)22(30-31)16-4-2-14(3-5-16)15-6-8-19(26)9-7-15/h2-11,27,32H,12-13H2,1H3,(H,28,29). The number of aromatic amines is 1. The van der Waals surface area contributed by atoms with Gasteiger partial charge in [0.2, 0.25) is 0 Å². The van der Waals surface area contributed by atoms with Gasteiger partial charge in [-0.05, 0) is 46.5 Å². The van der Waals surface area contributed by atoms with Gasteiger partial charge in [0.15, 0.2) is 11.6 Å². The number of nitrogens with one attached hydrogen (secondary N) is 2. The van der Waals surface area contributed by atoms with E-state index in [4.69, 9.17) is 16.6 Å². The lowest BCUT2D eigenvalue weighted by Gasteiger charge is -2.04. The van der Waals surface area contributed by atoms with Crippen LogP contribution in [0.4, 0.5) is 0 Å². The predicted octanol–water partition coefficient (Wildman–Crippen LogP) is 5.26. The van der Waals surface area contributed by atoms with Crippen LogP contribution in [0, 0.1) is 0 Å². The third-order valence-electron chi connectivity index (χ3n) is 6.02. The molecule has 0 spiro atoms. The van der Waals surface area contributed by atoms with Gasteiger partial charge in [0.05, 0.1) is 11.0 Å². The average Bonchev–Trinajstić information content (AvgIpc) is 3.49. The first kappa shape index (κ1) is 19.1. The van der Waals surface area contributed by atoms with Crippen molar-refractivity contribution in [3.63, 3.8) is 0 Å². The van der Waals surface area contributed by atoms with Crippen LogP contribution in [0.2, 0.25) is 5.02 Å². The first-order chi connectivity index (χ1) is 15.6. The van der Waals surface area contributed by atoms with Gasteiger partial charge in [-0.1, -0.05) is 48.0 Å². The fourth-order valence-electron chi connectivity index (χ4n) is 4.35. The Balaban J connectivity index is 1.37. The number of aromatic nitrogens is 4. The largest absolute Gasteiger partial charge is 0.504 e. The molecule has 0 radical (unpaired) electrons. The Kier molecular flexibility index (Phi) is 4.31. The summed E-state index contributed by atoms with van der Waals surface area (Å²) >= 11 is 5.99. The van der Waals surface area contributed by atoms with Crippen LogP contribution in [-0.2, 0) is 20.1 Å². The highest BCUT2D eigenvalue weighted by molar-refractivity contribution is 6.30. The normalized spacial score (nSPS) is 13.1. The predicted molar refractivity (Wildman–Crippen MR) is 126 cm³/mol. The van der Waals surface area contributed by atoms with Gasteiger partial charge >= 0.3 is 0 Å². The third kappa shape index (κ3) is 3.07. The highest BCUT2D eigenvalue weighted by Crippen LogP contribution is 2.38. The van der Waals surface area contributed by atoms with Gasteiger partial charge in [-0.25, -0.2) is 4.98 Å². The molecule has 3 heterocycles. The van der Waals surface area contributed by atoms with E-state index in [0.29, 0.717) is 22.2 Å². The van der Waals surface area contributed by atoms with Gasteiger partial charge in [-0.2, -0.15) is 5.10 Å². The van der Waals surface area contributed by atoms with Crippen molar-refractivity contribution in [2.75, 3.05) is 0 Å². The van der Waals surface area contributed by atoms with Crippen molar-refractivity contribution < 1.29 is 5.11 Å². The summed E-state index contributed by atoms with van der Waals surface area (Å²) in [5, 5.41) is 19.7. The maximum Gasteiger partial charge on any atom is 0.173 e. The van der Waals surface area contributed by atoms with Gasteiger partial charge in [0.25, 0.3) is 0 Å². The number of rotatable bonds is 3. The second-order valence-electron chi connectivity index (χ2n) is 8.08. The van der Waals surface area contributed by atoms with E-state index in [9.17, 15) is 5.11 Å². The smallest absolute Gasteiger partial charge is 0.173 e. The van der Waals surface area contributed by atoms with Gasteiger partial charge in [-0.3, -0.25) is 4.68 Å². The Labute approximate surface area is 189 Å². The Morgan fingerprint density at radius 1 is 0.906 bits per heavy atom. The van der Waals surface area contributed by atoms with E-state index >= 15 is 0 Å². The van der Waals surface area contributed by atoms with Crippen LogP contribution in [-0.4, -0.2) is 24.9 Å². The molecule has 2 aromatic heterocycles. The van der Waals surface area contributed by atoms with Gasteiger partial charge < -0.3 is 15.4 Å². The number of H-pyrrole nitrogens is 1. The number of halogens is 1. The van der Waals surface area contributed by atoms with Gasteiger partial charge in [0.1, 0.15) is 11.4 Å². The molecule has 5 aromatic rings. The molecule has 6 rings (SSSR count). The van der Waals surface area contributed by atoms with E-state index in [-0.39, 0.29) is 5.75 Å². The Morgan fingerprint density at radius 3 is 2.25 bits per heavy atom. The molecule has 0 aliphatic carbocycles. The minimum atomic E-state index is 0.111. The Bertz CT molecular complexity index is 1420. The minimum absolute atomic E-state index is 0.111. The summed E-state index contributed by atoms with van der Waals surface area (Å²) in [6.07, 6.45) is 0. The summed E-state index contributed by atoms with van der Waals surface area (Å²) in [7, 11) is 1.82. The van der Waals surface area contributed by atoms with Crippen molar-refractivity contribution in [2.24, 2.45) is 7.05 Å². The zero-order valence-electron chi connectivity index (χ0n) is 17.4. The highest BCUT2D eigenvalue weighted by Gasteiger charge is 2.22. The summed E-state index contributed by atoms with van der Waals surface area (Å²) in [4.78, 5) is 8.09. The van der Waals surface area contributed by atoms with Crippen molar-refractivity contribution in [2.45, 2.75) is 13.1 Å². The number of nitrogens with zero attached hydrogens (tertiary/aromatic N) is 3. The van der Waals surface area contributed by atoms with E-state index in [0.717, 1.165) is 40.8 Å². The second-order valence-corrected chi connectivity index (χ2v) is 8.52. The maximum absolute atomic E-state index is 11.1. The van der Waals surface area contributed by atoms with E-state index in [1.54, 1.807) is 4.68 Å². The highest BCUT2D eigenvalue weighted by atomic mass is 35.5. The minimum Gasteiger partial charge on any atom is -0.504 e. The molecule has 3 N–H and O–H groups in total. The lowest BCUT2D eigenvalue weighted by atomic mass is 10.0. The molecule has 6 nitrogen and oxygen atoms in total. The van der Waals surface area contributed by atoms with Crippen molar-refractivity contribution >= 4 is 22.6 Å². The van der Waals surface area contributed by atoms with E-state index in [1.807, 2.05) is 55.6 Å². The molecule has 0 unspecified atom stereocenters. The van der Waals surface area contributed by atoms with E-state index < -0.39 is 0 Å². The monoisotopic (exact) mass is 441 g/mol.